The summed E-state index contributed by atoms with van der Waals surface area (Å²) in [6, 6.07) is 8.15. The monoisotopic (exact) mass is 228 g/mol. The zero-order valence-electron chi connectivity index (χ0n) is 8.93. The first-order chi connectivity index (χ1) is 8.24. The number of aromatic nitrogens is 1. The fourth-order valence-electron chi connectivity index (χ4n) is 1.61. The number of hydrogen-bond donors (Lipinski definition) is 0. The van der Waals surface area contributed by atoms with E-state index in [9.17, 15) is 9.18 Å². The van der Waals surface area contributed by atoms with Crippen molar-refractivity contribution in [3.05, 3.63) is 59.2 Å². The normalized spacial score (nSPS) is 9.88. The number of carbonyl (C=O) groups is 1. The lowest BCUT2D eigenvalue weighted by Crippen LogP contribution is -2.01. The molecule has 17 heavy (non-hydrogen) atoms. The Hall–Kier alpha value is -2.41. The summed E-state index contributed by atoms with van der Waals surface area (Å²) < 4.78 is 15.4. The lowest BCUT2D eigenvalue weighted by Gasteiger charge is -2.05. The van der Waals surface area contributed by atoms with Crippen LogP contribution < -0.4 is 0 Å². The Morgan fingerprint density at radius 1 is 1.41 bits per heavy atom. The number of aldehydes is 1. The molecule has 0 atom stereocenters. The topological polar surface area (TPSA) is 45.8 Å². The molecule has 84 valence electrons. The molecule has 0 saturated heterocycles. The molecule has 0 spiro atoms. The molecule has 0 fully saturated rings. The Kier molecular flexibility index (Phi) is 3.01. The zero-order valence-corrected chi connectivity index (χ0v) is 8.93. The van der Waals surface area contributed by atoms with Crippen molar-refractivity contribution in [3.8, 4) is 6.07 Å². The number of halogens is 1. The van der Waals surface area contributed by atoms with Crippen LogP contribution in [0.5, 0.6) is 0 Å². The van der Waals surface area contributed by atoms with E-state index in [0.717, 1.165) is 6.29 Å². The van der Waals surface area contributed by atoms with Crippen molar-refractivity contribution in [2.45, 2.75) is 6.54 Å². The minimum Gasteiger partial charge on any atom is -0.349 e. The maximum Gasteiger partial charge on any atom is 0.151 e. The molecule has 0 N–H and O–H groups in total. The van der Waals surface area contributed by atoms with Crippen LogP contribution in [-0.4, -0.2) is 10.9 Å². The van der Waals surface area contributed by atoms with Crippen LogP contribution in [0.1, 0.15) is 21.5 Å². The third-order valence-electron chi connectivity index (χ3n) is 2.46. The van der Waals surface area contributed by atoms with Gasteiger partial charge in [-0.15, -0.1) is 0 Å². The second-order valence-corrected chi connectivity index (χ2v) is 3.63. The van der Waals surface area contributed by atoms with Crippen LogP contribution in [-0.2, 0) is 6.54 Å². The summed E-state index contributed by atoms with van der Waals surface area (Å²) in [7, 11) is 0. The number of nitriles is 1. The van der Waals surface area contributed by atoms with E-state index >= 15 is 0 Å². The minimum absolute atomic E-state index is 0.0327. The van der Waals surface area contributed by atoms with Gasteiger partial charge in [-0.2, -0.15) is 5.26 Å². The molecule has 0 bridgehead atoms. The van der Waals surface area contributed by atoms with Gasteiger partial charge in [-0.1, -0.05) is 12.1 Å². The van der Waals surface area contributed by atoms with Crippen LogP contribution in [0.25, 0.3) is 0 Å². The molecule has 0 unspecified atom stereocenters. The smallest absolute Gasteiger partial charge is 0.151 e. The molecule has 2 aromatic rings. The molecule has 0 saturated carbocycles. The van der Waals surface area contributed by atoms with Crippen molar-refractivity contribution in [2.75, 3.05) is 0 Å². The third-order valence-corrected chi connectivity index (χ3v) is 2.46. The van der Waals surface area contributed by atoms with E-state index < -0.39 is 5.82 Å². The summed E-state index contributed by atoms with van der Waals surface area (Å²) in [5.74, 6) is -0.503. The van der Waals surface area contributed by atoms with Crippen molar-refractivity contribution >= 4 is 6.29 Å². The van der Waals surface area contributed by atoms with Gasteiger partial charge in [0.05, 0.1) is 5.56 Å². The highest BCUT2D eigenvalue weighted by Gasteiger charge is 2.07. The largest absolute Gasteiger partial charge is 0.349 e. The molecule has 0 radical (unpaired) electrons. The average Bonchev–Trinajstić information content (AvgIpc) is 2.79. The van der Waals surface area contributed by atoms with Crippen molar-refractivity contribution in [1.82, 2.24) is 4.57 Å². The Labute approximate surface area is 97.7 Å². The van der Waals surface area contributed by atoms with E-state index in [1.807, 2.05) is 0 Å². The molecule has 3 nitrogen and oxygen atoms in total. The number of rotatable bonds is 3. The highest BCUT2D eigenvalue weighted by atomic mass is 19.1. The van der Waals surface area contributed by atoms with Crippen LogP contribution in [0, 0.1) is 17.1 Å². The second kappa shape index (κ2) is 4.62. The molecule has 0 amide bonds. The van der Waals surface area contributed by atoms with Crippen molar-refractivity contribution < 1.29 is 9.18 Å². The summed E-state index contributed by atoms with van der Waals surface area (Å²) in [5.41, 5.74) is 1.00. The predicted octanol–water partition coefficient (Wildman–Crippen LogP) is 2.36. The SMILES string of the molecule is N#Cc1cccc(Cn2ccc(C=O)c2)c1F. The number of nitrogens with zero attached hydrogens (tertiary/aromatic N) is 2. The predicted molar refractivity (Wildman–Crippen MR) is 60.0 cm³/mol. The highest BCUT2D eigenvalue weighted by Crippen LogP contribution is 2.14. The zero-order chi connectivity index (χ0) is 12.3. The van der Waals surface area contributed by atoms with Gasteiger partial charge in [0.1, 0.15) is 11.9 Å². The lowest BCUT2D eigenvalue weighted by atomic mass is 10.1. The average molecular weight is 228 g/mol. The maximum atomic E-state index is 13.7. The Balaban J connectivity index is 2.30. The lowest BCUT2D eigenvalue weighted by molar-refractivity contribution is 0.112. The molecular weight excluding hydrogens is 219 g/mol. The minimum atomic E-state index is -0.503. The van der Waals surface area contributed by atoms with Gasteiger partial charge >= 0.3 is 0 Å². The Bertz CT molecular complexity index is 596. The van der Waals surface area contributed by atoms with Gasteiger partial charge in [0.2, 0.25) is 0 Å². The van der Waals surface area contributed by atoms with Crippen LogP contribution in [0.4, 0.5) is 4.39 Å². The summed E-state index contributed by atoms with van der Waals surface area (Å²) >= 11 is 0. The standard InChI is InChI=1S/C13H9FN2O/c14-13-11(6-15)2-1-3-12(13)8-16-5-4-10(7-16)9-17/h1-5,7,9H,8H2. The van der Waals surface area contributed by atoms with E-state index in [1.54, 1.807) is 41.2 Å². The Morgan fingerprint density at radius 2 is 2.24 bits per heavy atom. The van der Waals surface area contributed by atoms with Gasteiger partial charge in [0.25, 0.3) is 0 Å². The molecule has 1 heterocycles. The first-order valence-electron chi connectivity index (χ1n) is 5.03. The van der Waals surface area contributed by atoms with Gasteiger partial charge < -0.3 is 4.57 Å². The molecule has 4 heteroatoms. The molecule has 2 rings (SSSR count). The fourth-order valence-corrected chi connectivity index (χ4v) is 1.61. The molecule has 1 aromatic carbocycles. The van der Waals surface area contributed by atoms with Gasteiger partial charge in [0, 0.05) is 30.1 Å². The summed E-state index contributed by atoms with van der Waals surface area (Å²) in [5, 5.41) is 8.71. The van der Waals surface area contributed by atoms with E-state index in [1.165, 1.54) is 6.07 Å². The van der Waals surface area contributed by atoms with Crippen LogP contribution in [0.3, 0.4) is 0 Å². The molecule has 0 aliphatic heterocycles. The molecular formula is C13H9FN2O. The van der Waals surface area contributed by atoms with Gasteiger partial charge in [-0.25, -0.2) is 4.39 Å². The molecule has 0 aliphatic carbocycles. The van der Waals surface area contributed by atoms with Gasteiger partial charge in [0.15, 0.2) is 6.29 Å². The first kappa shape index (κ1) is 11.1. The second-order valence-electron chi connectivity index (χ2n) is 3.63. The highest BCUT2D eigenvalue weighted by molar-refractivity contribution is 5.74. The van der Waals surface area contributed by atoms with E-state index in [-0.39, 0.29) is 5.56 Å². The maximum absolute atomic E-state index is 13.7. The first-order valence-corrected chi connectivity index (χ1v) is 5.03. The fraction of sp³-hybridized carbons (Fsp3) is 0.0769. The third kappa shape index (κ3) is 2.23. The summed E-state index contributed by atoms with van der Waals surface area (Å²) in [6.07, 6.45) is 4.06. The Morgan fingerprint density at radius 3 is 2.88 bits per heavy atom. The van der Waals surface area contributed by atoms with Gasteiger partial charge in [-0.05, 0) is 12.1 Å². The van der Waals surface area contributed by atoms with Crippen LogP contribution in [0.15, 0.2) is 36.7 Å². The molecule has 1 aromatic heterocycles. The van der Waals surface area contributed by atoms with Crippen molar-refractivity contribution in [3.63, 3.8) is 0 Å². The van der Waals surface area contributed by atoms with Gasteiger partial charge in [-0.3, -0.25) is 4.79 Å². The summed E-state index contributed by atoms with van der Waals surface area (Å²) in [6.45, 7) is 0.301. The van der Waals surface area contributed by atoms with E-state index in [2.05, 4.69) is 0 Å². The quantitative estimate of drug-likeness (QED) is 0.757. The van der Waals surface area contributed by atoms with Crippen LogP contribution in [0.2, 0.25) is 0 Å². The molecule has 0 aliphatic rings. The number of carbonyl (C=O) groups excluding carboxylic acids is 1. The summed E-state index contributed by atoms with van der Waals surface area (Å²) in [4.78, 5) is 10.5. The van der Waals surface area contributed by atoms with E-state index in [4.69, 9.17) is 5.26 Å². The van der Waals surface area contributed by atoms with Crippen LogP contribution >= 0.6 is 0 Å². The van der Waals surface area contributed by atoms with Crippen molar-refractivity contribution in [1.29, 1.82) is 5.26 Å². The number of hydrogen-bond acceptors (Lipinski definition) is 2. The number of benzene rings is 1. The van der Waals surface area contributed by atoms with E-state index in [0.29, 0.717) is 17.7 Å². The van der Waals surface area contributed by atoms with Crippen molar-refractivity contribution in [2.24, 2.45) is 0 Å².